The van der Waals surface area contributed by atoms with Crippen molar-refractivity contribution in [3.63, 3.8) is 0 Å². The van der Waals surface area contributed by atoms with Gasteiger partial charge in [-0.2, -0.15) is 0 Å². The van der Waals surface area contributed by atoms with Crippen molar-refractivity contribution in [3.8, 4) is 0 Å². The van der Waals surface area contributed by atoms with Gasteiger partial charge in [-0.1, -0.05) is 85.0 Å². The van der Waals surface area contributed by atoms with Crippen LogP contribution < -0.4 is 5.32 Å². The summed E-state index contributed by atoms with van der Waals surface area (Å²) in [6, 6.07) is 25.3. The molecule has 59 heavy (non-hydrogen) atoms. The van der Waals surface area contributed by atoms with E-state index in [0.29, 0.717) is 24.3 Å². The van der Waals surface area contributed by atoms with E-state index in [9.17, 15) is 24.3 Å². The first-order valence-electron chi connectivity index (χ1n) is 19.3. The van der Waals surface area contributed by atoms with Gasteiger partial charge < -0.3 is 48.5 Å². The summed E-state index contributed by atoms with van der Waals surface area (Å²) in [6.07, 6.45) is -5.69. The number of benzene rings is 3. The van der Waals surface area contributed by atoms with E-state index >= 15 is 0 Å². The molecule has 14 nitrogen and oxygen atoms in total. The number of ether oxygens (including phenoxy) is 7. The number of nitrogens with one attached hydrogen (secondary N) is 1. The minimum Gasteiger partial charge on any atom is -0.463 e. The van der Waals surface area contributed by atoms with Crippen LogP contribution in [0.25, 0.3) is 0 Å². The molecular formula is C44H52N2O12S. The number of rotatable bonds is 16. The standard InChI is InChI=1S/C44H52N2O12S/c1-7-20-46(6)23-36-39(31-12-9-8-10-13-31)40(32-18-16-30(24-47)17-19-32)58-44(57-36)33-14-11-15-34(21-33)45-38(59)22-35-41(53-27(3)49)43(55-29(5)51)42(54-28(4)50)37(56-35)25-52-26(2)48/h7-19,21,35-37,39-44,47H,1,20,22-25H2,2-6H3,(H,45,59)/t35-,36+,37+,39+,40-,41-,42+,43+,44?/m0/s1. The average molecular weight is 833 g/mol. The molecule has 0 amide bonds. The fraction of sp³-hybridized carbons (Fsp3) is 0.432. The topological polar surface area (TPSA) is 168 Å². The molecule has 316 valence electrons. The molecule has 2 N–H and O–H groups in total. The lowest BCUT2D eigenvalue weighted by molar-refractivity contribution is -0.263. The van der Waals surface area contributed by atoms with Crippen molar-refractivity contribution in [2.24, 2.45) is 0 Å². The van der Waals surface area contributed by atoms with Gasteiger partial charge in [-0.25, -0.2) is 0 Å². The van der Waals surface area contributed by atoms with Crippen LogP contribution in [-0.4, -0.2) is 102 Å². The Morgan fingerprint density at radius 2 is 1.39 bits per heavy atom. The molecule has 3 aromatic rings. The van der Waals surface area contributed by atoms with Gasteiger partial charge in [-0.15, -0.1) is 6.58 Å². The Labute approximate surface area is 349 Å². The van der Waals surface area contributed by atoms with Crippen molar-refractivity contribution < 1.29 is 57.4 Å². The summed E-state index contributed by atoms with van der Waals surface area (Å²) in [5.74, 6) is -2.95. The second-order valence-corrected chi connectivity index (χ2v) is 15.0. The van der Waals surface area contributed by atoms with Crippen LogP contribution in [0.3, 0.4) is 0 Å². The molecule has 2 saturated heterocycles. The third-order valence-corrected chi connectivity index (χ3v) is 10.1. The normalized spacial score (nSPS) is 25.3. The van der Waals surface area contributed by atoms with Crippen LogP contribution in [0.2, 0.25) is 0 Å². The third-order valence-electron chi connectivity index (χ3n) is 9.82. The van der Waals surface area contributed by atoms with Gasteiger partial charge in [-0.3, -0.25) is 19.2 Å². The first-order valence-corrected chi connectivity index (χ1v) is 19.7. The number of aliphatic hydroxyl groups excluding tert-OH is 1. The second kappa shape index (κ2) is 21.3. The van der Waals surface area contributed by atoms with Crippen LogP contribution in [-0.2, 0) is 58.9 Å². The highest BCUT2D eigenvalue weighted by atomic mass is 32.1. The molecule has 0 bridgehead atoms. The monoisotopic (exact) mass is 832 g/mol. The van der Waals surface area contributed by atoms with Gasteiger partial charge in [-0.05, 0) is 35.9 Å². The number of carbonyl (C=O) groups excluding carboxylic acids is 4. The Bertz CT molecular complexity index is 1930. The summed E-state index contributed by atoms with van der Waals surface area (Å²) in [5.41, 5.74) is 4.09. The van der Waals surface area contributed by atoms with Crippen LogP contribution in [0.1, 0.15) is 74.7 Å². The highest BCUT2D eigenvalue weighted by Gasteiger charge is 2.52. The predicted molar refractivity (Wildman–Crippen MR) is 220 cm³/mol. The first kappa shape index (κ1) is 45.1. The van der Waals surface area contributed by atoms with Crippen molar-refractivity contribution in [3.05, 3.63) is 114 Å². The Morgan fingerprint density at radius 1 is 0.763 bits per heavy atom. The lowest BCUT2D eigenvalue weighted by atomic mass is 9.83. The molecular weight excluding hydrogens is 781 g/mol. The van der Waals surface area contributed by atoms with Crippen LogP contribution in [0.5, 0.6) is 0 Å². The molecule has 1 unspecified atom stereocenters. The smallest absolute Gasteiger partial charge is 0.303 e. The Morgan fingerprint density at radius 3 is 2.00 bits per heavy atom. The third kappa shape index (κ3) is 12.5. The van der Waals surface area contributed by atoms with Gasteiger partial charge in [0.25, 0.3) is 0 Å². The van der Waals surface area contributed by atoms with E-state index < -0.39 is 66.8 Å². The van der Waals surface area contributed by atoms with Crippen molar-refractivity contribution in [1.82, 2.24) is 4.90 Å². The molecule has 0 radical (unpaired) electrons. The van der Waals surface area contributed by atoms with E-state index in [1.807, 2.05) is 79.9 Å². The second-order valence-electron chi connectivity index (χ2n) is 14.5. The number of hydrogen-bond acceptors (Lipinski definition) is 14. The molecule has 2 aliphatic heterocycles. The van der Waals surface area contributed by atoms with Crippen LogP contribution in [0.15, 0.2) is 91.5 Å². The molecule has 0 aliphatic carbocycles. The van der Waals surface area contributed by atoms with E-state index in [4.69, 9.17) is 45.4 Å². The van der Waals surface area contributed by atoms with Gasteiger partial charge >= 0.3 is 23.9 Å². The highest BCUT2D eigenvalue weighted by molar-refractivity contribution is 7.80. The van der Waals surface area contributed by atoms with E-state index in [-0.39, 0.29) is 36.6 Å². The maximum Gasteiger partial charge on any atom is 0.303 e. The van der Waals surface area contributed by atoms with Crippen molar-refractivity contribution >= 4 is 46.8 Å². The SMILES string of the molecule is C=CCN(C)C[C@H]1OC(c2cccc(NC(=S)C[C@@H]3O[C@H](COC(C)=O)[C@@H](OC(C)=O)[C@H](OC(C)=O)[C@H]3OC(C)=O)c2)O[C@@H](c2ccc(CO)cc2)[C@@H]1c1ccccc1. The molecule has 9 atom stereocenters. The van der Waals surface area contributed by atoms with E-state index in [0.717, 1.165) is 23.6 Å². The number of aliphatic hydroxyl groups is 1. The van der Waals surface area contributed by atoms with Gasteiger partial charge in [0, 0.05) is 64.4 Å². The van der Waals surface area contributed by atoms with E-state index in [2.05, 4.69) is 28.9 Å². The Kier molecular flexibility index (Phi) is 16.3. The molecule has 0 aromatic heterocycles. The van der Waals surface area contributed by atoms with Crippen molar-refractivity contribution in [2.75, 3.05) is 32.1 Å². The Hall–Kier alpha value is -5.03. The van der Waals surface area contributed by atoms with Crippen LogP contribution in [0.4, 0.5) is 5.69 Å². The molecule has 5 rings (SSSR count). The first-order chi connectivity index (χ1) is 28.3. The molecule has 0 saturated carbocycles. The number of esters is 4. The van der Waals surface area contributed by atoms with E-state index in [1.54, 1.807) is 0 Å². The lowest BCUT2D eigenvalue weighted by Crippen LogP contribution is -2.62. The van der Waals surface area contributed by atoms with E-state index in [1.165, 1.54) is 20.8 Å². The molecule has 0 spiro atoms. The highest BCUT2D eigenvalue weighted by Crippen LogP contribution is 2.47. The molecule has 2 heterocycles. The zero-order valence-electron chi connectivity index (χ0n) is 33.8. The number of thiocarbonyl (C=S) groups is 1. The molecule has 15 heteroatoms. The number of nitrogens with zero attached hydrogens (tertiary/aromatic N) is 1. The van der Waals surface area contributed by atoms with Crippen molar-refractivity contribution in [2.45, 2.75) is 95.7 Å². The zero-order valence-corrected chi connectivity index (χ0v) is 34.6. The van der Waals surface area contributed by atoms with Gasteiger partial charge in [0.15, 0.2) is 24.6 Å². The molecule has 2 fully saturated rings. The minimum absolute atomic E-state index is 0.0442. The number of carbonyl (C=O) groups is 4. The maximum absolute atomic E-state index is 12.4. The molecule has 2 aliphatic rings. The number of hydrogen-bond donors (Lipinski definition) is 2. The number of anilines is 1. The predicted octanol–water partition coefficient (Wildman–Crippen LogP) is 5.49. The quantitative estimate of drug-likeness (QED) is 0.0804. The minimum atomic E-state index is -1.31. The Balaban J connectivity index is 1.43. The van der Waals surface area contributed by atoms with Gasteiger partial charge in [0.05, 0.1) is 23.8 Å². The summed E-state index contributed by atoms with van der Waals surface area (Å²) in [6.45, 7) is 9.44. The fourth-order valence-corrected chi connectivity index (χ4v) is 7.69. The van der Waals surface area contributed by atoms with Gasteiger partial charge in [0.1, 0.15) is 18.8 Å². The maximum atomic E-state index is 12.4. The lowest BCUT2D eigenvalue weighted by Gasteiger charge is -2.44. The summed E-state index contributed by atoms with van der Waals surface area (Å²) >= 11 is 5.81. The van der Waals surface area contributed by atoms with Crippen LogP contribution >= 0.6 is 12.2 Å². The summed E-state index contributed by atoms with van der Waals surface area (Å²) < 4.78 is 41.9. The summed E-state index contributed by atoms with van der Waals surface area (Å²) in [5, 5.41) is 13.0. The summed E-state index contributed by atoms with van der Waals surface area (Å²) in [7, 11) is 2.01. The van der Waals surface area contributed by atoms with Crippen LogP contribution in [0, 0.1) is 0 Å². The van der Waals surface area contributed by atoms with Crippen molar-refractivity contribution in [1.29, 1.82) is 0 Å². The number of likely N-dealkylation sites (N-methyl/N-ethyl adjacent to an activating group) is 1. The largest absolute Gasteiger partial charge is 0.463 e. The van der Waals surface area contributed by atoms with Gasteiger partial charge in [0.2, 0.25) is 0 Å². The fourth-order valence-electron chi connectivity index (χ4n) is 7.41. The summed E-state index contributed by atoms with van der Waals surface area (Å²) in [4.78, 5) is 51.0. The average Bonchev–Trinajstić information content (AvgIpc) is 3.19. The zero-order chi connectivity index (χ0) is 42.6. The molecule has 3 aromatic carbocycles.